The number of sulfonamides is 1. The Labute approximate surface area is 155 Å². The number of hydrogen-bond donors (Lipinski definition) is 2. The minimum atomic E-state index is -3.49. The van der Waals surface area contributed by atoms with E-state index in [1.165, 1.54) is 16.4 Å². The molecule has 8 heteroatoms. The number of aliphatic carboxylic acids is 1. The highest BCUT2D eigenvalue weighted by Crippen LogP contribution is 2.17. The smallest absolute Gasteiger partial charge is 0.326 e. The summed E-state index contributed by atoms with van der Waals surface area (Å²) >= 11 is 0. The second kappa shape index (κ2) is 10.3. The summed E-state index contributed by atoms with van der Waals surface area (Å²) in [6.07, 6.45) is 1.62. The van der Waals surface area contributed by atoms with Gasteiger partial charge >= 0.3 is 5.97 Å². The fraction of sp³-hybridized carbons (Fsp3) is 0.556. The molecule has 1 unspecified atom stereocenters. The molecule has 1 amide bonds. The largest absolute Gasteiger partial charge is 0.480 e. The van der Waals surface area contributed by atoms with Crippen molar-refractivity contribution in [1.29, 1.82) is 0 Å². The summed E-state index contributed by atoms with van der Waals surface area (Å²) in [5.41, 5.74) is 0.820. The quantitative estimate of drug-likeness (QED) is 0.607. The van der Waals surface area contributed by atoms with Gasteiger partial charge in [-0.15, -0.1) is 0 Å². The number of hydrogen-bond acceptors (Lipinski definition) is 4. The summed E-state index contributed by atoms with van der Waals surface area (Å²) in [5, 5.41) is 11.6. The van der Waals surface area contributed by atoms with E-state index in [0.717, 1.165) is 5.56 Å². The number of amides is 1. The summed E-state index contributed by atoms with van der Waals surface area (Å²) in [6.45, 7) is 6.25. The van der Waals surface area contributed by atoms with E-state index in [4.69, 9.17) is 5.11 Å². The number of nitrogens with one attached hydrogen (secondary N) is 1. The van der Waals surface area contributed by atoms with Crippen molar-refractivity contribution in [2.45, 2.75) is 57.4 Å². The Morgan fingerprint density at radius 2 is 1.69 bits per heavy atom. The van der Waals surface area contributed by atoms with Crippen molar-refractivity contribution < 1.29 is 23.1 Å². The van der Waals surface area contributed by atoms with Gasteiger partial charge in [0, 0.05) is 19.5 Å². The highest BCUT2D eigenvalue weighted by atomic mass is 32.2. The first-order valence-corrected chi connectivity index (χ1v) is 10.3. The molecule has 146 valence electrons. The van der Waals surface area contributed by atoms with E-state index >= 15 is 0 Å². The lowest BCUT2D eigenvalue weighted by Gasteiger charge is -2.18. The first-order valence-electron chi connectivity index (χ1n) is 8.87. The molecular formula is C18H28N2O5S. The zero-order valence-corrected chi connectivity index (χ0v) is 16.4. The Bertz CT molecular complexity index is 697. The molecule has 7 nitrogen and oxygen atoms in total. The standard InChI is InChI=1S/C18H28N2O5S/c1-4-7-16(18(22)23)19-17(21)13-10-14-8-11-15(12-9-14)26(24,25)20(5-2)6-3/h8-9,11-12,16H,4-7,10,13H2,1-3H3,(H,19,21)(H,22,23). The Balaban J connectivity index is 2.68. The minimum absolute atomic E-state index is 0.148. The van der Waals surface area contributed by atoms with Crippen LogP contribution in [0.25, 0.3) is 0 Å². The van der Waals surface area contributed by atoms with Gasteiger partial charge in [0.25, 0.3) is 0 Å². The Kier molecular flexibility index (Phi) is 8.74. The van der Waals surface area contributed by atoms with E-state index in [1.807, 2.05) is 6.92 Å². The summed E-state index contributed by atoms with van der Waals surface area (Å²) < 4.78 is 26.2. The first-order chi connectivity index (χ1) is 12.3. The predicted octanol–water partition coefficient (Wildman–Crippen LogP) is 2.02. The third-order valence-corrected chi connectivity index (χ3v) is 6.18. The topological polar surface area (TPSA) is 104 Å². The lowest BCUT2D eigenvalue weighted by molar-refractivity contribution is -0.142. The molecule has 1 atom stereocenters. The maximum absolute atomic E-state index is 12.4. The lowest BCUT2D eigenvalue weighted by atomic mass is 10.1. The van der Waals surface area contributed by atoms with Gasteiger partial charge in [-0.3, -0.25) is 4.79 Å². The van der Waals surface area contributed by atoms with Crippen LogP contribution < -0.4 is 5.32 Å². The van der Waals surface area contributed by atoms with Crippen molar-refractivity contribution in [2.75, 3.05) is 13.1 Å². The van der Waals surface area contributed by atoms with E-state index in [0.29, 0.717) is 32.4 Å². The van der Waals surface area contributed by atoms with Gasteiger partial charge in [-0.25, -0.2) is 13.2 Å². The van der Waals surface area contributed by atoms with Crippen molar-refractivity contribution in [3.05, 3.63) is 29.8 Å². The van der Waals surface area contributed by atoms with Crippen LogP contribution in [-0.4, -0.2) is 48.8 Å². The molecule has 0 aliphatic rings. The number of rotatable bonds is 11. The van der Waals surface area contributed by atoms with E-state index in [1.54, 1.807) is 26.0 Å². The third-order valence-electron chi connectivity index (χ3n) is 4.12. The van der Waals surface area contributed by atoms with Crippen molar-refractivity contribution in [3.8, 4) is 0 Å². The highest BCUT2D eigenvalue weighted by molar-refractivity contribution is 7.89. The van der Waals surface area contributed by atoms with Gasteiger partial charge in [-0.2, -0.15) is 4.31 Å². The number of carboxylic acids is 1. The average Bonchev–Trinajstić information content (AvgIpc) is 2.60. The number of aryl methyl sites for hydroxylation is 1. The van der Waals surface area contributed by atoms with Crippen LogP contribution in [-0.2, 0) is 26.0 Å². The van der Waals surface area contributed by atoms with Crippen LogP contribution in [0.5, 0.6) is 0 Å². The molecule has 1 aromatic carbocycles. The molecule has 1 rings (SSSR count). The summed E-state index contributed by atoms with van der Waals surface area (Å²) in [6, 6.07) is 5.58. The summed E-state index contributed by atoms with van der Waals surface area (Å²) in [5.74, 6) is -1.36. The molecule has 2 N–H and O–H groups in total. The fourth-order valence-corrected chi connectivity index (χ4v) is 4.07. The minimum Gasteiger partial charge on any atom is -0.480 e. The van der Waals surface area contributed by atoms with Crippen LogP contribution in [0, 0.1) is 0 Å². The average molecular weight is 384 g/mol. The second-order valence-electron chi connectivity index (χ2n) is 5.98. The SMILES string of the molecule is CCCC(NC(=O)CCc1ccc(S(=O)(=O)N(CC)CC)cc1)C(=O)O. The number of carbonyl (C=O) groups is 2. The van der Waals surface area contributed by atoms with Gasteiger partial charge in [0.1, 0.15) is 6.04 Å². The normalized spacial score (nSPS) is 12.8. The molecule has 1 aromatic rings. The molecule has 0 saturated heterocycles. The van der Waals surface area contributed by atoms with Gasteiger partial charge in [-0.1, -0.05) is 39.3 Å². The summed E-state index contributed by atoms with van der Waals surface area (Å²) in [7, 11) is -3.49. The Morgan fingerprint density at radius 3 is 2.15 bits per heavy atom. The fourth-order valence-electron chi connectivity index (χ4n) is 2.61. The first kappa shape index (κ1) is 22.1. The van der Waals surface area contributed by atoms with Gasteiger partial charge < -0.3 is 10.4 Å². The number of carbonyl (C=O) groups excluding carboxylic acids is 1. The van der Waals surface area contributed by atoms with E-state index < -0.39 is 22.0 Å². The lowest BCUT2D eigenvalue weighted by Crippen LogP contribution is -2.40. The van der Waals surface area contributed by atoms with Crippen LogP contribution in [0.15, 0.2) is 29.2 Å². The van der Waals surface area contributed by atoms with Gasteiger partial charge in [0.05, 0.1) is 4.90 Å². The number of nitrogens with zero attached hydrogens (tertiary/aromatic N) is 1. The zero-order valence-electron chi connectivity index (χ0n) is 15.6. The Morgan fingerprint density at radius 1 is 1.12 bits per heavy atom. The Hall–Kier alpha value is -1.93. The maximum atomic E-state index is 12.4. The molecule has 0 aliphatic heterocycles. The number of benzene rings is 1. The molecule has 0 fully saturated rings. The van der Waals surface area contributed by atoms with E-state index in [9.17, 15) is 18.0 Å². The van der Waals surface area contributed by atoms with Crippen LogP contribution in [0.1, 0.15) is 45.6 Å². The van der Waals surface area contributed by atoms with Crippen LogP contribution in [0.3, 0.4) is 0 Å². The van der Waals surface area contributed by atoms with Crippen molar-refractivity contribution in [1.82, 2.24) is 9.62 Å². The molecule has 0 radical (unpaired) electrons. The maximum Gasteiger partial charge on any atom is 0.326 e. The molecule has 0 saturated carbocycles. The molecule has 0 heterocycles. The monoisotopic (exact) mass is 384 g/mol. The van der Waals surface area contributed by atoms with Crippen LogP contribution >= 0.6 is 0 Å². The molecule has 0 aromatic heterocycles. The third kappa shape index (κ3) is 6.10. The molecule has 0 aliphatic carbocycles. The number of carboxylic acid groups (broad SMARTS) is 1. The van der Waals surface area contributed by atoms with Crippen molar-refractivity contribution in [3.63, 3.8) is 0 Å². The van der Waals surface area contributed by atoms with Crippen molar-refractivity contribution >= 4 is 21.9 Å². The molecular weight excluding hydrogens is 356 g/mol. The van der Waals surface area contributed by atoms with Crippen LogP contribution in [0.2, 0.25) is 0 Å². The second-order valence-corrected chi connectivity index (χ2v) is 7.92. The van der Waals surface area contributed by atoms with Gasteiger partial charge in [0.2, 0.25) is 15.9 Å². The predicted molar refractivity (Wildman–Crippen MR) is 99.3 cm³/mol. The van der Waals surface area contributed by atoms with E-state index in [2.05, 4.69) is 5.32 Å². The zero-order chi connectivity index (χ0) is 19.7. The summed E-state index contributed by atoms with van der Waals surface area (Å²) in [4.78, 5) is 23.2. The molecule has 26 heavy (non-hydrogen) atoms. The molecule has 0 bridgehead atoms. The van der Waals surface area contributed by atoms with Gasteiger partial charge in [0.15, 0.2) is 0 Å². The van der Waals surface area contributed by atoms with Crippen molar-refractivity contribution in [2.24, 2.45) is 0 Å². The highest BCUT2D eigenvalue weighted by Gasteiger charge is 2.21. The van der Waals surface area contributed by atoms with Crippen LogP contribution in [0.4, 0.5) is 0 Å². The van der Waals surface area contributed by atoms with E-state index in [-0.39, 0.29) is 17.2 Å². The van der Waals surface area contributed by atoms with Gasteiger partial charge in [-0.05, 0) is 30.5 Å². The molecule has 0 spiro atoms.